The van der Waals surface area contributed by atoms with Gasteiger partial charge in [-0.05, 0) is 20.3 Å². The Balaban J connectivity index is 0.000000640. The van der Waals surface area contributed by atoms with Gasteiger partial charge in [-0.1, -0.05) is 0 Å². The van der Waals surface area contributed by atoms with Gasteiger partial charge < -0.3 is 10.5 Å². The van der Waals surface area contributed by atoms with Gasteiger partial charge in [0.2, 0.25) is 0 Å². The summed E-state index contributed by atoms with van der Waals surface area (Å²) in [6.45, 7) is 4.87. The second-order valence-electron chi connectivity index (χ2n) is 3.03. The molecule has 0 saturated carbocycles. The summed E-state index contributed by atoms with van der Waals surface area (Å²) in [7, 11) is 0. The molecular formula is C6H14ClNO. The van der Waals surface area contributed by atoms with Crippen LogP contribution in [0.2, 0.25) is 0 Å². The molecule has 1 unspecified atom stereocenters. The Hall–Kier alpha value is 0.210. The molecule has 0 radical (unpaired) electrons. The lowest BCUT2D eigenvalue weighted by Gasteiger charge is -2.14. The van der Waals surface area contributed by atoms with E-state index in [0.717, 1.165) is 13.0 Å². The maximum absolute atomic E-state index is 5.59. The van der Waals surface area contributed by atoms with E-state index in [9.17, 15) is 0 Å². The first-order valence-corrected chi connectivity index (χ1v) is 3.00. The molecule has 0 aromatic heterocycles. The van der Waals surface area contributed by atoms with Crippen LogP contribution in [-0.2, 0) is 4.74 Å². The molecule has 1 saturated heterocycles. The predicted octanol–water partition coefficient (Wildman–Crippen LogP) is 0.934. The lowest BCUT2D eigenvalue weighted by atomic mass is 10.0. The molecule has 0 spiro atoms. The van der Waals surface area contributed by atoms with E-state index in [2.05, 4.69) is 13.8 Å². The topological polar surface area (TPSA) is 35.2 Å². The zero-order chi connectivity index (χ0) is 6.20. The van der Waals surface area contributed by atoms with E-state index < -0.39 is 0 Å². The Kier molecular flexibility index (Phi) is 2.93. The number of rotatable bonds is 0. The van der Waals surface area contributed by atoms with Crippen LogP contribution in [-0.4, -0.2) is 18.2 Å². The van der Waals surface area contributed by atoms with Gasteiger partial charge in [0.1, 0.15) is 0 Å². The average Bonchev–Trinajstić information content (AvgIpc) is 1.82. The Labute approximate surface area is 62.2 Å². The fourth-order valence-corrected chi connectivity index (χ4v) is 1.08. The van der Waals surface area contributed by atoms with Gasteiger partial charge in [-0.2, -0.15) is 0 Å². The molecule has 56 valence electrons. The van der Waals surface area contributed by atoms with Crippen LogP contribution in [0.3, 0.4) is 0 Å². The monoisotopic (exact) mass is 151 g/mol. The molecule has 2 nitrogen and oxygen atoms in total. The number of halogens is 1. The largest absolute Gasteiger partial charge is 0.374 e. The van der Waals surface area contributed by atoms with E-state index in [1.165, 1.54) is 0 Å². The van der Waals surface area contributed by atoms with Gasteiger partial charge in [0.15, 0.2) is 0 Å². The summed E-state index contributed by atoms with van der Waals surface area (Å²) < 4.78 is 5.33. The molecule has 0 bridgehead atoms. The fraction of sp³-hybridized carbons (Fsp3) is 1.00. The molecule has 1 rings (SSSR count). The minimum Gasteiger partial charge on any atom is -0.374 e. The van der Waals surface area contributed by atoms with Crippen molar-refractivity contribution >= 4 is 12.4 Å². The zero-order valence-corrected chi connectivity index (χ0v) is 6.70. The Morgan fingerprint density at radius 1 is 1.56 bits per heavy atom. The van der Waals surface area contributed by atoms with Gasteiger partial charge in [-0.25, -0.2) is 0 Å². The van der Waals surface area contributed by atoms with Crippen LogP contribution in [0.1, 0.15) is 20.3 Å². The van der Waals surface area contributed by atoms with Gasteiger partial charge in [0, 0.05) is 6.04 Å². The third-order valence-corrected chi connectivity index (χ3v) is 1.44. The van der Waals surface area contributed by atoms with Crippen LogP contribution < -0.4 is 5.73 Å². The number of hydrogen-bond donors (Lipinski definition) is 1. The first-order chi connectivity index (χ1) is 3.60. The van der Waals surface area contributed by atoms with Crippen molar-refractivity contribution in [3.63, 3.8) is 0 Å². The highest BCUT2D eigenvalue weighted by molar-refractivity contribution is 5.85. The molecule has 9 heavy (non-hydrogen) atoms. The molecule has 0 aliphatic carbocycles. The van der Waals surface area contributed by atoms with Gasteiger partial charge in [-0.3, -0.25) is 0 Å². The molecule has 0 aromatic carbocycles. The van der Waals surface area contributed by atoms with Gasteiger partial charge in [-0.15, -0.1) is 12.4 Å². The van der Waals surface area contributed by atoms with Gasteiger partial charge in [0.05, 0.1) is 12.2 Å². The highest BCUT2D eigenvalue weighted by Gasteiger charge is 2.29. The van der Waals surface area contributed by atoms with E-state index in [1.54, 1.807) is 0 Å². The summed E-state index contributed by atoms with van der Waals surface area (Å²) in [6.07, 6.45) is 0.993. The number of ether oxygens (including phenoxy) is 1. The highest BCUT2D eigenvalue weighted by atomic mass is 35.5. The summed E-state index contributed by atoms with van der Waals surface area (Å²) in [5.41, 5.74) is 5.63. The number of hydrogen-bond acceptors (Lipinski definition) is 2. The first kappa shape index (κ1) is 9.21. The average molecular weight is 152 g/mol. The molecule has 1 aliphatic rings. The minimum absolute atomic E-state index is 0. The second-order valence-corrected chi connectivity index (χ2v) is 3.03. The Morgan fingerprint density at radius 3 is 2.22 bits per heavy atom. The van der Waals surface area contributed by atoms with Crippen LogP contribution in [0.5, 0.6) is 0 Å². The lowest BCUT2D eigenvalue weighted by molar-refractivity contribution is 0.0361. The van der Waals surface area contributed by atoms with Gasteiger partial charge >= 0.3 is 0 Å². The highest BCUT2D eigenvalue weighted by Crippen LogP contribution is 2.22. The fourth-order valence-electron chi connectivity index (χ4n) is 1.08. The standard InChI is InChI=1S/C6H13NO.ClH/c1-6(2)3-5(7)4-8-6;/h5H,3-4,7H2,1-2H3;1H. The van der Waals surface area contributed by atoms with Crippen LogP contribution in [0.25, 0.3) is 0 Å². The normalized spacial score (nSPS) is 31.7. The molecule has 3 heteroatoms. The third-order valence-electron chi connectivity index (χ3n) is 1.44. The van der Waals surface area contributed by atoms with Crippen molar-refractivity contribution in [2.75, 3.05) is 6.61 Å². The summed E-state index contributed by atoms with van der Waals surface area (Å²) in [4.78, 5) is 0. The van der Waals surface area contributed by atoms with Crippen molar-refractivity contribution < 1.29 is 4.74 Å². The van der Waals surface area contributed by atoms with Gasteiger partial charge in [0.25, 0.3) is 0 Å². The summed E-state index contributed by atoms with van der Waals surface area (Å²) in [5, 5.41) is 0. The SMILES string of the molecule is CC1(C)CC(N)CO1.Cl. The maximum Gasteiger partial charge on any atom is 0.0642 e. The summed E-state index contributed by atoms with van der Waals surface area (Å²) >= 11 is 0. The minimum atomic E-state index is 0. The van der Waals surface area contributed by atoms with E-state index in [-0.39, 0.29) is 24.0 Å². The van der Waals surface area contributed by atoms with E-state index >= 15 is 0 Å². The summed E-state index contributed by atoms with van der Waals surface area (Å²) in [5.74, 6) is 0. The molecule has 0 aromatic rings. The molecule has 1 heterocycles. The van der Waals surface area contributed by atoms with E-state index in [4.69, 9.17) is 10.5 Å². The van der Waals surface area contributed by atoms with Crippen molar-refractivity contribution in [2.45, 2.75) is 31.9 Å². The maximum atomic E-state index is 5.59. The van der Waals surface area contributed by atoms with Crippen molar-refractivity contribution in [1.29, 1.82) is 0 Å². The second kappa shape index (κ2) is 2.86. The molecule has 1 aliphatic heterocycles. The predicted molar refractivity (Wildman–Crippen MR) is 39.9 cm³/mol. The van der Waals surface area contributed by atoms with Crippen molar-refractivity contribution in [3.05, 3.63) is 0 Å². The zero-order valence-electron chi connectivity index (χ0n) is 5.89. The van der Waals surface area contributed by atoms with Crippen LogP contribution in [0.4, 0.5) is 0 Å². The van der Waals surface area contributed by atoms with E-state index in [0.29, 0.717) is 0 Å². The van der Waals surface area contributed by atoms with Crippen molar-refractivity contribution in [3.8, 4) is 0 Å². The lowest BCUT2D eigenvalue weighted by Crippen LogP contribution is -2.22. The smallest absolute Gasteiger partial charge is 0.0642 e. The molecular weight excluding hydrogens is 138 g/mol. The van der Waals surface area contributed by atoms with Crippen LogP contribution >= 0.6 is 12.4 Å². The number of nitrogens with two attached hydrogens (primary N) is 1. The molecule has 0 amide bonds. The Bertz CT molecular complexity index is 95.1. The molecule has 2 N–H and O–H groups in total. The van der Waals surface area contributed by atoms with E-state index in [1.807, 2.05) is 0 Å². The Morgan fingerprint density at radius 2 is 2.11 bits per heavy atom. The molecule has 1 atom stereocenters. The third kappa shape index (κ3) is 2.52. The first-order valence-electron chi connectivity index (χ1n) is 3.00. The van der Waals surface area contributed by atoms with Crippen molar-refractivity contribution in [1.82, 2.24) is 0 Å². The van der Waals surface area contributed by atoms with Crippen LogP contribution in [0.15, 0.2) is 0 Å². The summed E-state index contributed by atoms with van der Waals surface area (Å²) in [6, 6.07) is 0.269. The van der Waals surface area contributed by atoms with Crippen molar-refractivity contribution in [2.24, 2.45) is 5.73 Å². The van der Waals surface area contributed by atoms with Crippen LogP contribution in [0, 0.1) is 0 Å². The quantitative estimate of drug-likeness (QED) is 0.559. The molecule has 1 fully saturated rings.